The van der Waals surface area contributed by atoms with E-state index in [2.05, 4.69) is 58.1 Å². The van der Waals surface area contributed by atoms with Crippen LogP contribution >= 0.6 is 11.8 Å². The Morgan fingerprint density at radius 3 is 2.40 bits per heavy atom. The first-order valence-corrected chi connectivity index (χ1v) is 9.64. The number of rotatable bonds is 8. The summed E-state index contributed by atoms with van der Waals surface area (Å²) in [4.78, 5) is 0. The van der Waals surface area contributed by atoms with E-state index >= 15 is 0 Å². The average Bonchev–Trinajstić information content (AvgIpc) is 3.04. The second-order valence-electron chi connectivity index (χ2n) is 5.67. The molecule has 4 nitrogen and oxygen atoms in total. The van der Waals surface area contributed by atoms with Gasteiger partial charge in [0.1, 0.15) is 11.6 Å². The summed E-state index contributed by atoms with van der Waals surface area (Å²) in [6.07, 6.45) is 1.86. The third kappa shape index (κ3) is 4.42. The fraction of sp³-hybridized carbons (Fsp3) is 0.300. The fourth-order valence-electron chi connectivity index (χ4n) is 2.60. The molecule has 0 bridgehead atoms. The Labute approximate surface area is 153 Å². The third-order valence-electron chi connectivity index (χ3n) is 3.75. The van der Waals surface area contributed by atoms with E-state index in [-0.39, 0.29) is 0 Å². The minimum absolute atomic E-state index is 0.669. The largest absolute Gasteiger partial charge is 0.494 e. The molecule has 2 aromatic carbocycles. The van der Waals surface area contributed by atoms with Crippen LogP contribution in [0.2, 0.25) is 0 Å². The highest BCUT2D eigenvalue weighted by Gasteiger charge is 2.14. The van der Waals surface area contributed by atoms with E-state index in [0.717, 1.165) is 41.0 Å². The maximum absolute atomic E-state index is 5.55. The number of nitrogens with zero attached hydrogens (tertiary/aromatic N) is 3. The van der Waals surface area contributed by atoms with Crippen LogP contribution < -0.4 is 4.74 Å². The molecular formula is C20H23N3OS. The number of hydrogen-bond donors (Lipinski definition) is 0. The molecule has 1 heterocycles. The molecule has 0 radical (unpaired) electrons. The highest BCUT2D eigenvalue weighted by Crippen LogP contribution is 2.25. The van der Waals surface area contributed by atoms with Crippen molar-refractivity contribution in [3.8, 4) is 11.4 Å². The van der Waals surface area contributed by atoms with Crippen molar-refractivity contribution in [3.63, 3.8) is 0 Å². The zero-order valence-corrected chi connectivity index (χ0v) is 15.5. The monoisotopic (exact) mass is 353 g/mol. The van der Waals surface area contributed by atoms with E-state index in [1.807, 2.05) is 25.1 Å². The van der Waals surface area contributed by atoms with Gasteiger partial charge in [0.2, 0.25) is 0 Å². The highest BCUT2D eigenvalue weighted by atomic mass is 32.2. The molecule has 0 saturated heterocycles. The van der Waals surface area contributed by atoms with E-state index < -0.39 is 0 Å². The van der Waals surface area contributed by atoms with Gasteiger partial charge in [-0.3, -0.25) is 4.57 Å². The van der Waals surface area contributed by atoms with Crippen molar-refractivity contribution in [1.82, 2.24) is 14.8 Å². The second kappa shape index (κ2) is 8.72. The van der Waals surface area contributed by atoms with Crippen molar-refractivity contribution >= 4 is 11.8 Å². The van der Waals surface area contributed by atoms with Crippen LogP contribution in [0.5, 0.6) is 5.75 Å². The van der Waals surface area contributed by atoms with Gasteiger partial charge in [0.25, 0.3) is 0 Å². The van der Waals surface area contributed by atoms with E-state index in [1.165, 1.54) is 5.56 Å². The Kier molecular flexibility index (Phi) is 6.12. The van der Waals surface area contributed by atoms with Crippen molar-refractivity contribution in [2.24, 2.45) is 0 Å². The molecule has 0 aliphatic rings. The molecule has 0 aliphatic carbocycles. The standard InChI is InChI=1S/C20H23N3OS/c1-3-14-25-20-22-21-19(15-16-8-6-5-7-9-16)23(20)17-10-12-18(13-11-17)24-4-2/h5-13H,3-4,14-15H2,1-2H3. The Hall–Kier alpha value is -2.27. The molecule has 1 aromatic heterocycles. The molecule has 0 N–H and O–H groups in total. The maximum Gasteiger partial charge on any atom is 0.195 e. The Morgan fingerprint density at radius 1 is 0.960 bits per heavy atom. The Balaban J connectivity index is 1.94. The van der Waals surface area contributed by atoms with Crippen LogP contribution in [-0.2, 0) is 6.42 Å². The number of benzene rings is 2. The number of hydrogen-bond acceptors (Lipinski definition) is 4. The molecule has 0 amide bonds. The molecule has 0 unspecified atom stereocenters. The normalized spacial score (nSPS) is 10.8. The predicted octanol–water partition coefficient (Wildman–Crippen LogP) is 4.76. The summed E-state index contributed by atoms with van der Waals surface area (Å²) in [5.74, 6) is 2.86. The summed E-state index contributed by atoms with van der Waals surface area (Å²) in [6, 6.07) is 18.5. The van der Waals surface area contributed by atoms with E-state index in [9.17, 15) is 0 Å². The van der Waals surface area contributed by atoms with Crippen LogP contribution in [0.3, 0.4) is 0 Å². The van der Waals surface area contributed by atoms with Crippen LogP contribution in [0, 0.1) is 0 Å². The molecular weight excluding hydrogens is 330 g/mol. The molecule has 3 rings (SSSR count). The van der Waals surface area contributed by atoms with E-state index in [1.54, 1.807) is 11.8 Å². The molecule has 5 heteroatoms. The van der Waals surface area contributed by atoms with Gasteiger partial charge in [0.15, 0.2) is 5.16 Å². The fourth-order valence-corrected chi connectivity index (χ4v) is 3.42. The topological polar surface area (TPSA) is 39.9 Å². The zero-order chi connectivity index (χ0) is 17.5. The van der Waals surface area contributed by atoms with Gasteiger partial charge in [-0.2, -0.15) is 0 Å². The number of thioether (sulfide) groups is 1. The van der Waals surface area contributed by atoms with Gasteiger partial charge in [-0.05, 0) is 43.2 Å². The van der Waals surface area contributed by atoms with E-state index in [4.69, 9.17) is 4.74 Å². The first-order chi connectivity index (χ1) is 12.3. The number of aromatic nitrogens is 3. The summed E-state index contributed by atoms with van der Waals surface area (Å²) in [7, 11) is 0. The molecule has 25 heavy (non-hydrogen) atoms. The first-order valence-electron chi connectivity index (χ1n) is 8.66. The van der Waals surface area contributed by atoms with Gasteiger partial charge in [0.05, 0.1) is 6.61 Å². The van der Waals surface area contributed by atoms with Gasteiger partial charge in [0, 0.05) is 17.9 Å². The Bertz CT molecular complexity index is 784. The third-order valence-corrected chi connectivity index (χ3v) is 4.88. The van der Waals surface area contributed by atoms with Crippen LogP contribution in [-0.4, -0.2) is 27.1 Å². The SMILES string of the molecule is CCCSc1nnc(Cc2ccccc2)n1-c1ccc(OCC)cc1. The van der Waals surface area contributed by atoms with Gasteiger partial charge < -0.3 is 4.74 Å². The molecule has 3 aromatic rings. The molecule has 0 atom stereocenters. The molecule has 0 spiro atoms. The molecule has 0 fully saturated rings. The highest BCUT2D eigenvalue weighted by molar-refractivity contribution is 7.99. The van der Waals surface area contributed by atoms with Crippen molar-refractivity contribution in [1.29, 1.82) is 0 Å². The molecule has 0 aliphatic heterocycles. The van der Waals surface area contributed by atoms with Gasteiger partial charge in [-0.15, -0.1) is 10.2 Å². The van der Waals surface area contributed by atoms with Crippen molar-refractivity contribution < 1.29 is 4.74 Å². The van der Waals surface area contributed by atoms with Crippen molar-refractivity contribution in [3.05, 3.63) is 66.0 Å². The lowest BCUT2D eigenvalue weighted by molar-refractivity contribution is 0.340. The van der Waals surface area contributed by atoms with Crippen molar-refractivity contribution in [2.45, 2.75) is 31.8 Å². The zero-order valence-electron chi connectivity index (χ0n) is 14.7. The second-order valence-corrected chi connectivity index (χ2v) is 6.73. The lowest BCUT2D eigenvalue weighted by Crippen LogP contribution is -2.04. The lowest BCUT2D eigenvalue weighted by atomic mass is 10.1. The average molecular weight is 353 g/mol. The maximum atomic E-state index is 5.55. The summed E-state index contributed by atoms with van der Waals surface area (Å²) in [6.45, 7) is 4.84. The summed E-state index contributed by atoms with van der Waals surface area (Å²) in [5, 5.41) is 9.83. The van der Waals surface area contributed by atoms with Crippen LogP contribution in [0.1, 0.15) is 31.7 Å². The first kappa shape index (κ1) is 17.5. The molecule has 130 valence electrons. The van der Waals surface area contributed by atoms with Gasteiger partial charge in [-0.1, -0.05) is 49.0 Å². The summed E-state index contributed by atoms with van der Waals surface area (Å²) < 4.78 is 7.71. The number of ether oxygens (including phenoxy) is 1. The molecule has 0 saturated carbocycles. The predicted molar refractivity (Wildman–Crippen MR) is 103 cm³/mol. The van der Waals surface area contributed by atoms with Crippen molar-refractivity contribution in [2.75, 3.05) is 12.4 Å². The lowest BCUT2D eigenvalue weighted by Gasteiger charge is -2.11. The summed E-state index contributed by atoms with van der Waals surface area (Å²) in [5.41, 5.74) is 2.30. The smallest absolute Gasteiger partial charge is 0.195 e. The van der Waals surface area contributed by atoms with E-state index in [0.29, 0.717) is 6.61 Å². The summed E-state index contributed by atoms with van der Waals surface area (Å²) >= 11 is 1.75. The van der Waals surface area contributed by atoms with Gasteiger partial charge in [-0.25, -0.2) is 0 Å². The van der Waals surface area contributed by atoms with Crippen LogP contribution in [0.25, 0.3) is 5.69 Å². The van der Waals surface area contributed by atoms with Gasteiger partial charge >= 0.3 is 0 Å². The Morgan fingerprint density at radius 2 is 1.72 bits per heavy atom. The van der Waals surface area contributed by atoms with Crippen LogP contribution in [0.4, 0.5) is 0 Å². The minimum atomic E-state index is 0.669. The van der Waals surface area contributed by atoms with Crippen LogP contribution in [0.15, 0.2) is 59.8 Å². The quantitative estimate of drug-likeness (QED) is 0.548. The minimum Gasteiger partial charge on any atom is -0.494 e.